The van der Waals surface area contributed by atoms with Crippen LogP contribution in [0.3, 0.4) is 0 Å². The minimum atomic E-state index is -3.19. The Morgan fingerprint density at radius 1 is 1.25 bits per heavy atom. The summed E-state index contributed by atoms with van der Waals surface area (Å²) in [7, 11) is -3.19. The second-order valence-corrected chi connectivity index (χ2v) is 8.56. The molecule has 1 aromatic heterocycles. The number of aryl methyl sites for hydroxylation is 1. The van der Waals surface area contributed by atoms with Crippen LogP contribution in [0.4, 0.5) is 0 Å². The van der Waals surface area contributed by atoms with Crippen molar-refractivity contribution >= 4 is 37.1 Å². The fraction of sp³-hybridized carbons (Fsp3) is 0.286. The van der Waals surface area contributed by atoms with Gasteiger partial charge in [0.05, 0.1) is 10.6 Å². The molecule has 108 valence electrons. The highest BCUT2D eigenvalue weighted by molar-refractivity contribution is 9.10. The van der Waals surface area contributed by atoms with Crippen LogP contribution in [0.1, 0.15) is 10.4 Å². The Balaban J connectivity index is 1.85. The lowest BCUT2D eigenvalue weighted by Crippen LogP contribution is -2.22. The molecule has 0 radical (unpaired) electrons. The van der Waals surface area contributed by atoms with Gasteiger partial charge >= 0.3 is 0 Å². The third kappa shape index (κ3) is 4.41. The van der Waals surface area contributed by atoms with Gasteiger partial charge in [-0.1, -0.05) is 17.7 Å². The molecule has 0 atom stereocenters. The zero-order valence-electron chi connectivity index (χ0n) is 11.1. The summed E-state index contributed by atoms with van der Waals surface area (Å²) in [4.78, 5) is 1.58. The fourth-order valence-electron chi connectivity index (χ4n) is 1.73. The first-order valence-electron chi connectivity index (χ1n) is 6.20. The van der Waals surface area contributed by atoms with Crippen molar-refractivity contribution in [3.8, 4) is 0 Å². The van der Waals surface area contributed by atoms with E-state index in [1.807, 2.05) is 30.5 Å². The summed E-state index contributed by atoms with van der Waals surface area (Å²) in [5, 5.41) is 5.18. The van der Waals surface area contributed by atoms with E-state index >= 15 is 0 Å². The van der Waals surface area contributed by atoms with Crippen LogP contribution in [0.25, 0.3) is 0 Å². The highest BCUT2D eigenvalue weighted by Gasteiger charge is 2.13. The molecule has 0 saturated carbocycles. The Labute approximate surface area is 132 Å². The van der Waals surface area contributed by atoms with Gasteiger partial charge in [0.15, 0.2) is 9.84 Å². The number of nitrogens with one attached hydrogen (secondary N) is 1. The summed E-state index contributed by atoms with van der Waals surface area (Å²) in [6.07, 6.45) is 0. The highest BCUT2D eigenvalue weighted by Crippen LogP contribution is 2.19. The lowest BCUT2D eigenvalue weighted by atomic mass is 10.2. The summed E-state index contributed by atoms with van der Waals surface area (Å²) < 4.78 is 25.3. The molecule has 0 bridgehead atoms. The van der Waals surface area contributed by atoms with Crippen molar-refractivity contribution in [2.45, 2.75) is 18.4 Å². The van der Waals surface area contributed by atoms with Gasteiger partial charge in [-0.2, -0.15) is 0 Å². The van der Waals surface area contributed by atoms with Gasteiger partial charge in [0, 0.05) is 27.8 Å². The van der Waals surface area contributed by atoms with E-state index in [0.717, 1.165) is 10.0 Å². The van der Waals surface area contributed by atoms with Crippen LogP contribution in [0.5, 0.6) is 0 Å². The molecule has 0 aliphatic rings. The maximum Gasteiger partial charge on any atom is 0.179 e. The number of halogens is 1. The Bertz CT molecular complexity index is 663. The van der Waals surface area contributed by atoms with Crippen LogP contribution in [0.15, 0.2) is 45.1 Å². The number of hydrogen-bond acceptors (Lipinski definition) is 4. The monoisotopic (exact) mass is 373 g/mol. The Kier molecular flexibility index (Phi) is 5.37. The number of benzene rings is 1. The topological polar surface area (TPSA) is 46.2 Å². The molecule has 20 heavy (non-hydrogen) atoms. The zero-order valence-corrected chi connectivity index (χ0v) is 14.3. The van der Waals surface area contributed by atoms with Crippen LogP contribution in [-0.4, -0.2) is 20.7 Å². The first kappa shape index (κ1) is 15.7. The lowest BCUT2D eigenvalue weighted by Gasteiger charge is -2.06. The minimum Gasteiger partial charge on any atom is -0.311 e. The Hall–Kier alpha value is -0.690. The average molecular weight is 374 g/mol. The van der Waals surface area contributed by atoms with E-state index in [1.54, 1.807) is 23.5 Å². The smallest absolute Gasteiger partial charge is 0.179 e. The van der Waals surface area contributed by atoms with Gasteiger partial charge in [0.25, 0.3) is 0 Å². The van der Waals surface area contributed by atoms with Gasteiger partial charge in [0.2, 0.25) is 0 Å². The van der Waals surface area contributed by atoms with E-state index in [4.69, 9.17) is 0 Å². The van der Waals surface area contributed by atoms with Crippen LogP contribution >= 0.6 is 27.3 Å². The summed E-state index contributed by atoms with van der Waals surface area (Å²) in [6, 6.07) is 9.02. The van der Waals surface area contributed by atoms with E-state index in [0.29, 0.717) is 18.0 Å². The van der Waals surface area contributed by atoms with E-state index in [2.05, 4.69) is 21.2 Å². The molecule has 6 heteroatoms. The molecule has 0 saturated heterocycles. The fourth-order valence-corrected chi connectivity index (χ4v) is 4.35. The number of sulfone groups is 1. The standard InChI is InChI=1S/C14H16BrNO2S2/c1-11-2-4-14(5-3-11)20(17,18)7-6-16-9-13-8-12(15)10-19-13/h2-5,8,10,16H,6-7,9H2,1H3. The molecule has 0 aliphatic carbocycles. The minimum absolute atomic E-state index is 0.114. The molecule has 1 heterocycles. The molecule has 0 spiro atoms. The molecule has 1 aromatic carbocycles. The molecule has 0 fully saturated rings. The molecule has 2 rings (SSSR count). The average Bonchev–Trinajstić information content (AvgIpc) is 2.81. The highest BCUT2D eigenvalue weighted by atomic mass is 79.9. The van der Waals surface area contributed by atoms with E-state index in [9.17, 15) is 8.42 Å². The first-order chi connectivity index (χ1) is 9.47. The van der Waals surface area contributed by atoms with Crippen LogP contribution < -0.4 is 5.32 Å². The summed E-state index contributed by atoms with van der Waals surface area (Å²) >= 11 is 5.04. The van der Waals surface area contributed by atoms with Crippen molar-refractivity contribution in [2.24, 2.45) is 0 Å². The van der Waals surface area contributed by atoms with Gasteiger partial charge in [0.1, 0.15) is 0 Å². The summed E-state index contributed by atoms with van der Waals surface area (Å²) in [6.45, 7) is 3.09. The van der Waals surface area contributed by atoms with Gasteiger partial charge < -0.3 is 5.32 Å². The van der Waals surface area contributed by atoms with Crippen LogP contribution in [0, 0.1) is 6.92 Å². The quantitative estimate of drug-likeness (QED) is 0.789. The van der Waals surface area contributed by atoms with E-state index in [-0.39, 0.29) is 5.75 Å². The normalized spacial score (nSPS) is 11.7. The molecule has 0 aliphatic heterocycles. The van der Waals surface area contributed by atoms with Gasteiger partial charge in [-0.25, -0.2) is 8.42 Å². The number of hydrogen-bond donors (Lipinski definition) is 1. The molecule has 0 amide bonds. The third-order valence-electron chi connectivity index (χ3n) is 2.85. The predicted molar refractivity (Wildman–Crippen MR) is 87.0 cm³/mol. The van der Waals surface area contributed by atoms with E-state index in [1.165, 1.54) is 4.88 Å². The maximum absolute atomic E-state index is 12.1. The second kappa shape index (κ2) is 6.85. The number of rotatable bonds is 6. The lowest BCUT2D eigenvalue weighted by molar-refractivity contribution is 0.591. The van der Waals surface area contributed by atoms with Crippen molar-refractivity contribution in [2.75, 3.05) is 12.3 Å². The molecule has 1 N–H and O–H groups in total. The van der Waals surface area contributed by atoms with Gasteiger partial charge in [-0.3, -0.25) is 0 Å². The third-order valence-corrected chi connectivity index (χ3v) is 6.28. The zero-order chi connectivity index (χ0) is 14.6. The van der Waals surface area contributed by atoms with Crippen molar-refractivity contribution in [1.29, 1.82) is 0 Å². The molecule has 2 aromatic rings. The molecular weight excluding hydrogens is 358 g/mol. The van der Waals surface area contributed by atoms with Crippen LogP contribution in [-0.2, 0) is 16.4 Å². The second-order valence-electron chi connectivity index (χ2n) is 4.54. The maximum atomic E-state index is 12.1. The summed E-state index contributed by atoms with van der Waals surface area (Å²) in [5.74, 6) is 0.114. The predicted octanol–water partition coefficient (Wildman–Crippen LogP) is 3.38. The number of thiophene rings is 1. The van der Waals surface area contributed by atoms with E-state index < -0.39 is 9.84 Å². The summed E-state index contributed by atoms with van der Waals surface area (Å²) in [5.41, 5.74) is 1.06. The van der Waals surface area contributed by atoms with Crippen molar-refractivity contribution in [3.63, 3.8) is 0 Å². The van der Waals surface area contributed by atoms with Gasteiger partial charge in [-0.05, 0) is 41.1 Å². The first-order valence-corrected chi connectivity index (χ1v) is 9.53. The molecule has 3 nitrogen and oxygen atoms in total. The van der Waals surface area contributed by atoms with Crippen LogP contribution in [0.2, 0.25) is 0 Å². The Morgan fingerprint density at radius 3 is 2.55 bits per heavy atom. The van der Waals surface area contributed by atoms with Crippen molar-refractivity contribution in [1.82, 2.24) is 5.32 Å². The molecule has 0 unspecified atom stereocenters. The van der Waals surface area contributed by atoms with Crippen molar-refractivity contribution < 1.29 is 8.42 Å². The largest absolute Gasteiger partial charge is 0.311 e. The Morgan fingerprint density at radius 2 is 1.95 bits per heavy atom. The molecular formula is C14H16BrNO2S2. The van der Waals surface area contributed by atoms with Crippen molar-refractivity contribution in [3.05, 3.63) is 50.6 Å². The van der Waals surface area contributed by atoms with Gasteiger partial charge in [-0.15, -0.1) is 11.3 Å². The SMILES string of the molecule is Cc1ccc(S(=O)(=O)CCNCc2cc(Br)cs2)cc1.